The molecule has 2 aliphatic heterocycles. The third kappa shape index (κ3) is 20.7. The Morgan fingerprint density at radius 3 is 1.61 bits per heavy atom. The highest BCUT2D eigenvalue weighted by Crippen LogP contribution is 2.71. The molecule has 4 fully saturated rings. The zero-order valence-electron chi connectivity index (χ0n) is 43.6. The molecule has 11 heteroatoms. The number of nitrogens with zero attached hydrogens (tertiary/aromatic N) is 2. The molecule has 11 nitrogen and oxygen atoms in total. The van der Waals surface area contributed by atoms with Crippen LogP contribution in [0.15, 0.2) is 0 Å². The number of ether oxygens (including phenoxy) is 4. The van der Waals surface area contributed by atoms with Gasteiger partial charge in [0.1, 0.15) is 13.2 Å². The molecule has 2 heterocycles. The highest BCUT2D eigenvalue weighted by molar-refractivity contribution is 5.76. The van der Waals surface area contributed by atoms with E-state index in [9.17, 15) is 24.0 Å². The molecule has 386 valence electrons. The van der Waals surface area contributed by atoms with E-state index in [4.69, 9.17) is 18.9 Å². The molecular weight excluding hydrogens is 845 g/mol. The monoisotopic (exact) mass is 943 g/mol. The SMILES string of the molecule is CCCCCCCCC1COC(=O)CCCCCC(=O)OCC2(CCN(C(=O)CCCN(C)C)CC2)COC(=O)CCCCCC(=O)OCC(CCCCCC)C2(C1)CC1(CC(CCC)C1)C2. The van der Waals surface area contributed by atoms with Gasteiger partial charge in [-0.3, -0.25) is 24.0 Å². The molecule has 4 aliphatic rings. The van der Waals surface area contributed by atoms with Crippen LogP contribution in [0.3, 0.4) is 0 Å². The summed E-state index contributed by atoms with van der Waals surface area (Å²) in [5.41, 5.74) is -0.0534. The maximum atomic E-state index is 13.4. The summed E-state index contributed by atoms with van der Waals surface area (Å²) in [6, 6.07) is 0. The minimum absolute atomic E-state index is 0.0838. The molecule has 4 rings (SSSR count). The van der Waals surface area contributed by atoms with Gasteiger partial charge in [-0.25, -0.2) is 0 Å². The van der Waals surface area contributed by atoms with Crippen LogP contribution in [-0.4, -0.2) is 99.7 Å². The summed E-state index contributed by atoms with van der Waals surface area (Å²) in [5.74, 6) is 0.656. The van der Waals surface area contributed by atoms with Crippen LogP contribution in [0.25, 0.3) is 0 Å². The van der Waals surface area contributed by atoms with E-state index in [-0.39, 0.29) is 67.2 Å². The number of amides is 1. The lowest BCUT2D eigenvalue weighted by molar-refractivity contribution is -0.183. The summed E-state index contributed by atoms with van der Waals surface area (Å²) in [6.07, 6.45) is 30.5. The highest BCUT2D eigenvalue weighted by atomic mass is 16.6. The molecule has 2 saturated heterocycles. The first-order chi connectivity index (χ1) is 32.3. The summed E-state index contributed by atoms with van der Waals surface area (Å²) in [4.78, 5) is 69.9. The van der Waals surface area contributed by atoms with Gasteiger partial charge < -0.3 is 28.7 Å². The average molecular weight is 943 g/mol. The van der Waals surface area contributed by atoms with E-state index < -0.39 is 5.41 Å². The van der Waals surface area contributed by atoms with Crippen LogP contribution in [0.4, 0.5) is 0 Å². The molecule has 0 aromatic carbocycles. The lowest BCUT2D eigenvalue weighted by Gasteiger charge is -2.67. The molecule has 2 unspecified atom stereocenters. The van der Waals surface area contributed by atoms with Gasteiger partial charge in [-0.2, -0.15) is 0 Å². The largest absolute Gasteiger partial charge is 0.465 e. The minimum atomic E-state index is -0.558. The lowest BCUT2D eigenvalue weighted by Crippen LogP contribution is -2.58. The van der Waals surface area contributed by atoms with E-state index >= 15 is 0 Å². The van der Waals surface area contributed by atoms with Gasteiger partial charge in [0.2, 0.25) is 5.91 Å². The van der Waals surface area contributed by atoms with Gasteiger partial charge >= 0.3 is 23.9 Å². The van der Waals surface area contributed by atoms with Crippen LogP contribution in [-0.2, 0) is 42.9 Å². The fourth-order valence-corrected chi connectivity index (χ4v) is 12.4. The Bertz CT molecular complexity index is 1440. The number of unbranched alkanes of at least 4 members (excludes halogenated alkanes) is 8. The predicted molar refractivity (Wildman–Crippen MR) is 266 cm³/mol. The van der Waals surface area contributed by atoms with Crippen molar-refractivity contribution in [1.29, 1.82) is 0 Å². The number of cyclic esters (lactones) is 4. The number of likely N-dealkylation sites (tertiary alicyclic amines) is 1. The summed E-state index contributed by atoms with van der Waals surface area (Å²) in [6.45, 7) is 9.91. The number of carbonyl (C=O) groups excluding carboxylic acids is 5. The topological polar surface area (TPSA) is 129 Å². The first-order valence-electron chi connectivity index (χ1n) is 27.9. The summed E-state index contributed by atoms with van der Waals surface area (Å²) < 4.78 is 24.1. The van der Waals surface area contributed by atoms with E-state index in [1.165, 1.54) is 89.9 Å². The van der Waals surface area contributed by atoms with Crippen molar-refractivity contribution in [2.45, 2.75) is 233 Å². The van der Waals surface area contributed by atoms with Gasteiger partial charge in [0.15, 0.2) is 0 Å². The van der Waals surface area contributed by atoms with Crippen molar-refractivity contribution in [2.24, 2.45) is 34.0 Å². The molecule has 67 heavy (non-hydrogen) atoms. The van der Waals surface area contributed by atoms with Crippen LogP contribution in [0.5, 0.6) is 0 Å². The second kappa shape index (κ2) is 30.8. The fourth-order valence-electron chi connectivity index (χ4n) is 12.4. The van der Waals surface area contributed by atoms with Crippen LogP contribution in [0.2, 0.25) is 0 Å². The van der Waals surface area contributed by atoms with Gasteiger partial charge in [-0.1, -0.05) is 111 Å². The van der Waals surface area contributed by atoms with E-state index in [1.807, 2.05) is 19.0 Å². The molecule has 0 aromatic heterocycles. The first-order valence-corrected chi connectivity index (χ1v) is 27.9. The van der Waals surface area contributed by atoms with Gasteiger partial charge in [0.05, 0.1) is 13.2 Å². The molecule has 2 saturated carbocycles. The Labute approximate surface area is 408 Å². The van der Waals surface area contributed by atoms with Crippen molar-refractivity contribution in [2.75, 3.05) is 60.2 Å². The van der Waals surface area contributed by atoms with Gasteiger partial charge in [-0.05, 0) is 139 Å². The third-order valence-electron chi connectivity index (χ3n) is 16.2. The second-order valence-corrected chi connectivity index (χ2v) is 22.5. The maximum Gasteiger partial charge on any atom is 0.305 e. The van der Waals surface area contributed by atoms with E-state index in [0.29, 0.717) is 95.4 Å². The number of rotatable bonds is 18. The Hall–Kier alpha value is -2.69. The summed E-state index contributed by atoms with van der Waals surface area (Å²) in [7, 11) is 4.00. The van der Waals surface area contributed by atoms with E-state index in [0.717, 1.165) is 63.8 Å². The Morgan fingerprint density at radius 1 is 0.552 bits per heavy atom. The van der Waals surface area contributed by atoms with Crippen molar-refractivity contribution in [3.63, 3.8) is 0 Å². The fraction of sp³-hybridized carbons (Fsp3) is 0.911. The van der Waals surface area contributed by atoms with Crippen LogP contribution < -0.4 is 0 Å². The van der Waals surface area contributed by atoms with Crippen molar-refractivity contribution in [1.82, 2.24) is 9.80 Å². The molecule has 1 amide bonds. The van der Waals surface area contributed by atoms with Gasteiger partial charge in [-0.15, -0.1) is 0 Å². The molecule has 0 N–H and O–H groups in total. The number of carbonyl (C=O) groups is 5. The maximum absolute atomic E-state index is 13.4. The molecule has 3 spiro atoms. The lowest BCUT2D eigenvalue weighted by atomic mass is 9.38. The Balaban J connectivity index is 1.44. The molecular formula is C56H98N2O9. The highest BCUT2D eigenvalue weighted by Gasteiger charge is 2.62. The van der Waals surface area contributed by atoms with E-state index in [2.05, 4.69) is 25.7 Å². The van der Waals surface area contributed by atoms with Crippen molar-refractivity contribution >= 4 is 29.8 Å². The van der Waals surface area contributed by atoms with E-state index in [1.54, 1.807) is 0 Å². The zero-order chi connectivity index (χ0) is 48.4. The van der Waals surface area contributed by atoms with Crippen LogP contribution in [0, 0.1) is 34.0 Å². The Morgan fingerprint density at radius 2 is 1.06 bits per heavy atom. The smallest absolute Gasteiger partial charge is 0.305 e. The second-order valence-electron chi connectivity index (χ2n) is 22.5. The van der Waals surface area contributed by atoms with Crippen molar-refractivity contribution in [3.05, 3.63) is 0 Å². The van der Waals surface area contributed by atoms with Crippen molar-refractivity contribution < 1.29 is 42.9 Å². The standard InChI is InChI=1S/C56H98N2O9/c1-6-9-11-13-14-17-25-47-39-56(42-55(43-56)37-46(38-55)24-8-3)48(26-18-12-10-7-2)41-65-51(61)29-20-16-22-31-53(63)67-45-54(32-35-58(36-33-54)49(59)27-23-34-57(4)5)44-66-52(62)30-21-15-19-28-50(60)64-40-47/h46-48H,6-45H2,1-5H3. The molecule has 0 radical (unpaired) electrons. The molecule has 2 aliphatic carbocycles. The number of hydrogen-bond acceptors (Lipinski definition) is 10. The Kier molecular flexibility index (Phi) is 26.2. The van der Waals surface area contributed by atoms with Crippen LogP contribution >= 0.6 is 0 Å². The molecule has 0 aromatic rings. The number of piperidine rings is 1. The first kappa shape index (κ1) is 56.9. The third-order valence-corrected chi connectivity index (χ3v) is 16.2. The number of esters is 4. The minimum Gasteiger partial charge on any atom is -0.465 e. The summed E-state index contributed by atoms with van der Waals surface area (Å²) in [5, 5.41) is 0. The predicted octanol–water partition coefficient (Wildman–Crippen LogP) is 12.3. The number of hydrogen-bond donors (Lipinski definition) is 0. The average Bonchev–Trinajstić information content (AvgIpc) is 3.28. The van der Waals surface area contributed by atoms with Gasteiger partial charge in [0, 0.05) is 50.6 Å². The zero-order valence-corrected chi connectivity index (χ0v) is 43.6. The summed E-state index contributed by atoms with van der Waals surface area (Å²) >= 11 is 0. The normalized spacial score (nSPS) is 28.0. The molecule has 2 atom stereocenters. The van der Waals surface area contributed by atoms with Gasteiger partial charge in [0.25, 0.3) is 0 Å². The van der Waals surface area contributed by atoms with Crippen molar-refractivity contribution in [3.8, 4) is 0 Å². The molecule has 0 bridgehead atoms. The quantitative estimate of drug-likeness (QED) is 0.0744. The van der Waals surface area contributed by atoms with Crippen LogP contribution in [0.1, 0.15) is 233 Å².